The molecule has 20 heavy (non-hydrogen) atoms. The van der Waals surface area contributed by atoms with Crippen LogP contribution in [0.1, 0.15) is 52.9 Å². The number of carbonyl (C=O) groups is 2. The standard InChI is InChI=1S/C14H25NO5/c1-14(2,3)20-13(18)15-11(12(16)17)9-19-10-7-5-4-6-8-10/h10-11H,4-9H2,1-3H3,(H,15,18)(H,16,17). The van der Waals surface area contributed by atoms with E-state index in [4.69, 9.17) is 14.6 Å². The zero-order chi connectivity index (χ0) is 15.2. The number of amides is 1. The number of ether oxygens (including phenoxy) is 2. The topological polar surface area (TPSA) is 84.9 Å². The van der Waals surface area contributed by atoms with Crippen molar-refractivity contribution in [2.75, 3.05) is 6.61 Å². The summed E-state index contributed by atoms with van der Waals surface area (Å²) in [5.41, 5.74) is -0.655. The van der Waals surface area contributed by atoms with Crippen LogP contribution in [-0.4, -0.2) is 41.5 Å². The number of aliphatic carboxylic acids is 1. The van der Waals surface area contributed by atoms with Gasteiger partial charge in [0.05, 0.1) is 12.7 Å². The molecule has 0 aromatic heterocycles. The summed E-state index contributed by atoms with van der Waals surface area (Å²) in [6, 6.07) is -1.08. The molecule has 1 rings (SSSR count). The molecule has 1 aliphatic carbocycles. The molecule has 1 fully saturated rings. The van der Waals surface area contributed by atoms with Crippen molar-refractivity contribution in [1.82, 2.24) is 5.32 Å². The van der Waals surface area contributed by atoms with E-state index >= 15 is 0 Å². The van der Waals surface area contributed by atoms with Crippen LogP contribution in [0.4, 0.5) is 4.79 Å². The van der Waals surface area contributed by atoms with Gasteiger partial charge in [-0.15, -0.1) is 0 Å². The van der Waals surface area contributed by atoms with Crippen LogP contribution in [0.5, 0.6) is 0 Å². The van der Waals surface area contributed by atoms with Crippen LogP contribution in [0.25, 0.3) is 0 Å². The molecule has 1 saturated carbocycles. The average Bonchev–Trinajstić information content (AvgIpc) is 2.33. The maximum atomic E-state index is 11.6. The minimum Gasteiger partial charge on any atom is -0.480 e. The molecule has 1 atom stereocenters. The zero-order valence-electron chi connectivity index (χ0n) is 12.5. The summed E-state index contributed by atoms with van der Waals surface area (Å²) < 4.78 is 10.6. The molecule has 6 nitrogen and oxygen atoms in total. The molecule has 0 saturated heterocycles. The van der Waals surface area contributed by atoms with Crippen LogP contribution in [0.2, 0.25) is 0 Å². The van der Waals surface area contributed by atoms with Crippen molar-refractivity contribution in [3.63, 3.8) is 0 Å². The van der Waals surface area contributed by atoms with E-state index in [2.05, 4.69) is 5.32 Å². The van der Waals surface area contributed by atoms with Gasteiger partial charge in [-0.3, -0.25) is 0 Å². The summed E-state index contributed by atoms with van der Waals surface area (Å²) in [6.07, 6.45) is 4.71. The number of carboxylic acid groups (broad SMARTS) is 1. The molecule has 0 spiro atoms. The van der Waals surface area contributed by atoms with Crippen LogP contribution in [0.15, 0.2) is 0 Å². The molecule has 116 valence electrons. The van der Waals surface area contributed by atoms with E-state index in [1.165, 1.54) is 6.42 Å². The van der Waals surface area contributed by atoms with Gasteiger partial charge in [-0.1, -0.05) is 19.3 Å². The lowest BCUT2D eigenvalue weighted by Crippen LogP contribution is -2.46. The Morgan fingerprint density at radius 3 is 2.35 bits per heavy atom. The molecule has 0 aromatic carbocycles. The Balaban J connectivity index is 2.39. The second-order valence-electron chi connectivity index (χ2n) is 6.13. The van der Waals surface area contributed by atoms with E-state index in [0.29, 0.717) is 0 Å². The molecule has 0 radical (unpaired) electrons. The normalized spacial score (nSPS) is 18.4. The number of rotatable bonds is 5. The summed E-state index contributed by atoms with van der Waals surface area (Å²) in [4.78, 5) is 22.7. The van der Waals surface area contributed by atoms with Crippen LogP contribution in [-0.2, 0) is 14.3 Å². The Kier molecular flexibility index (Phi) is 6.26. The van der Waals surface area contributed by atoms with Gasteiger partial charge >= 0.3 is 12.1 Å². The van der Waals surface area contributed by atoms with Crippen molar-refractivity contribution in [2.45, 2.75) is 70.6 Å². The smallest absolute Gasteiger partial charge is 0.408 e. The fourth-order valence-corrected chi connectivity index (χ4v) is 2.09. The number of carbonyl (C=O) groups excluding carboxylic acids is 1. The average molecular weight is 287 g/mol. The number of nitrogens with one attached hydrogen (secondary N) is 1. The van der Waals surface area contributed by atoms with E-state index in [1.807, 2.05) is 0 Å². The van der Waals surface area contributed by atoms with Crippen LogP contribution in [0.3, 0.4) is 0 Å². The Morgan fingerprint density at radius 1 is 1.25 bits per heavy atom. The predicted octanol–water partition coefficient (Wildman–Crippen LogP) is 2.31. The van der Waals surface area contributed by atoms with Crippen molar-refractivity contribution in [2.24, 2.45) is 0 Å². The predicted molar refractivity (Wildman–Crippen MR) is 73.6 cm³/mol. The number of hydrogen-bond acceptors (Lipinski definition) is 4. The number of carboxylic acids is 1. The van der Waals surface area contributed by atoms with Gasteiger partial charge in [0.2, 0.25) is 0 Å². The van der Waals surface area contributed by atoms with Gasteiger partial charge in [0.25, 0.3) is 0 Å². The van der Waals surface area contributed by atoms with Gasteiger partial charge in [-0.05, 0) is 33.6 Å². The molecule has 0 aromatic rings. The maximum Gasteiger partial charge on any atom is 0.408 e. The van der Waals surface area contributed by atoms with E-state index in [1.54, 1.807) is 20.8 Å². The van der Waals surface area contributed by atoms with Crippen LogP contribution >= 0.6 is 0 Å². The first kappa shape index (κ1) is 16.8. The van der Waals surface area contributed by atoms with Crippen LogP contribution < -0.4 is 5.32 Å². The lowest BCUT2D eigenvalue weighted by atomic mass is 9.98. The fourth-order valence-electron chi connectivity index (χ4n) is 2.09. The first-order valence-corrected chi connectivity index (χ1v) is 7.12. The van der Waals surface area contributed by atoms with Gasteiger partial charge in [0.1, 0.15) is 5.60 Å². The van der Waals surface area contributed by atoms with Gasteiger partial charge in [-0.2, -0.15) is 0 Å². The molecular weight excluding hydrogens is 262 g/mol. The third-order valence-electron chi connectivity index (χ3n) is 3.04. The highest BCUT2D eigenvalue weighted by Crippen LogP contribution is 2.20. The summed E-state index contributed by atoms with van der Waals surface area (Å²) >= 11 is 0. The molecule has 0 heterocycles. The first-order valence-electron chi connectivity index (χ1n) is 7.12. The van der Waals surface area contributed by atoms with Gasteiger partial charge in [0.15, 0.2) is 6.04 Å². The summed E-state index contributed by atoms with van der Waals surface area (Å²) in [6.45, 7) is 5.14. The molecule has 0 aliphatic heterocycles. The molecule has 6 heteroatoms. The summed E-state index contributed by atoms with van der Waals surface area (Å²) in [5.74, 6) is -1.12. The molecule has 1 unspecified atom stereocenters. The summed E-state index contributed by atoms with van der Waals surface area (Å²) in [5, 5.41) is 11.4. The highest BCUT2D eigenvalue weighted by Gasteiger charge is 2.25. The Morgan fingerprint density at radius 2 is 1.85 bits per heavy atom. The monoisotopic (exact) mass is 287 g/mol. The fraction of sp³-hybridized carbons (Fsp3) is 0.857. The zero-order valence-corrected chi connectivity index (χ0v) is 12.5. The second kappa shape index (κ2) is 7.47. The van der Waals surface area contributed by atoms with Crippen LogP contribution in [0, 0.1) is 0 Å². The summed E-state index contributed by atoms with van der Waals surface area (Å²) in [7, 11) is 0. The van der Waals surface area contributed by atoms with E-state index < -0.39 is 23.7 Å². The highest BCUT2D eigenvalue weighted by molar-refractivity contribution is 5.80. The lowest BCUT2D eigenvalue weighted by Gasteiger charge is -2.25. The molecular formula is C14H25NO5. The minimum atomic E-state index is -1.12. The Labute approximate surface area is 119 Å². The van der Waals surface area contributed by atoms with Crippen molar-refractivity contribution in [3.05, 3.63) is 0 Å². The highest BCUT2D eigenvalue weighted by atomic mass is 16.6. The first-order chi connectivity index (χ1) is 9.28. The van der Waals surface area contributed by atoms with Gasteiger partial charge in [-0.25, -0.2) is 9.59 Å². The quantitative estimate of drug-likeness (QED) is 0.810. The minimum absolute atomic E-state index is 0.0285. The van der Waals surface area contributed by atoms with Crippen molar-refractivity contribution in [1.29, 1.82) is 0 Å². The Hall–Kier alpha value is -1.30. The van der Waals surface area contributed by atoms with E-state index in [-0.39, 0.29) is 12.7 Å². The van der Waals surface area contributed by atoms with Crippen molar-refractivity contribution in [3.8, 4) is 0 Å². The van der Waals surface area contributed by atoms with Gasteiger partial charge in [0, 0.05) is 0 Å². The van der Waals surface area contributed by atoms with Crippen molar-refractivity contribution >= 4 is 12.1 Å². The number of alkyl carbamates (subject to hydrolysis) is 1. The third kappa shape index (κ3) is 6.75. The molecule has 1 aliphatic rings. The SMILES string of the molecule is CC(C)(C)OC(=O)NC(COC1CCCCC1)C(=O)O. The van der Waals surface area contributed by atoms with Crippen molar-refractivity contribution < 1.29 is 24.2 Å². The Bertz CT molecular complexity index is 331. The van der Waals surface area contributed by atoms with E-state index in [0.717, 1.165) is 25.7 Å². The second-order valence-corrected chi connectivity index (χ2v) is 6.13. The third-order valence-corrected chi connectivity index (χ3v) is 3.04. The molecule has 2 N–H and O–H groups in total. The number of hydrogen-bond donors (Lipinski definition) is 2. The molecule has 0 bridgehead atoms. The molecule has 1 amide bonds. The van der Waals surface area contributed by atoms with E-state index in [9.17, 15) is 9.59 Å². The largest absolute Gasteiger partial charge is 0.480 e. The lowest BCUT2D eigenvalue weighted by molar-refractivity contribution is -0.142. The maximum absolute atomic E-state index is 11.6. The van der Waals surface area contributed by atoms with Gasteiger partial charge < -0.3 is 19.9 Å².